The second kappa shape index (κ2) is 6.48. The standard InChI is InChI=1S/C16H19N7/c17-9-14(16(18)19)22-21-11-6-7-15-13(8-11)20-10-23(15)12-4-2-1-3-5-12/h6-8,10,12,21H,1-5H2,(H3,18,19)/b22-14+. The van der Waals surface area contributed by atoms with Crippen molar-refractivity contribution in [3.8, 4) is 6.07 Å². The smallest absolute Gasteiger partial charge is 0.201 e. The van der Waals surface area contributed by atoms with Crippen molar-refractivity contribution in [3.05, 3.63) is 24.5 Å². The fourth-order valence-electron chi connectivity index (χ4n) is 3.02. The Morgan fingerprint density at radius 3 is 2.87 bits per heavy atom. The third-order valence-corrected chi connectivity index (χ3v) is 4.20. The van der Waals surface area contributed by atoms with Gasteiger partial charge in [0.15, 0.2) is 5.84 Å². The van der Waals surface area contributed by atoms with Crippen molar-refractivity contribution in [2.45, 2.75) is 38.1 Å². The number of hydrazone groups is 1. The van der Waals surface area contributed by atoms with Crippen molar-refractivity contribution < 1.29 is 0 Å². The van der Waals surface area contributed by atoms with Gasteiger partial charge in [0.2, 0.25) is 5.71 Å². The number of hydrogen-bond donors (Lipinski definition) is 3. The molecule has 0 spiro atoms. The highest BCUT2D eigenvalue weighted by Crippen LogP contribution is 2.31. The lowest BCUT2D eigenvalue weighted by Gasteiger charge is -2.23. The minimum absolute atomic E-state index is 0.141. The van der Waals surface area contributed by atoms with E-state index in [2.05, 4.69) is 20.1 Å². The molecule has 0 unspecified atom stereocenters. The van der Waals surface area contributed by atoms with Gasteiger partial charge >= 0.3 is 0 Å². The van der Waals surface area contributed by atoms with Crippen LogP contribution in [0, 0.1) is 16.7 Å². The van der Waals surface area contributed by atoms with E-state index in [4.69, 9.17) is 16.4 Å². The molecule has 1 aromatic carbocycles. The first-order valence-electron chi connectivity index (χ1n) is 7.74. The second-order valence-electron chi connectivity index (χ2n) is 5.74. The van der Waals surface area contributed by atoms with Crippen LogP contribution in [0.3, 0.4) is 0 Å². The van der Waals surface area contributed by atoms with Gasteiger partial charge in [-0.25, -0.2) is 4.98 Å². The molecule has 7 heteroatoms. The number of rotatable bonds is 4. The fraction of sp³-hybridized carbons (Fsp3) is 0.375. The van der Waals surface area contributed by atoms with E-state index in [-0.39, 0.29) is 11.5 Å². The largest absolute Gasteiger partial charge is 0.382 e. The van der Waals surface area contributed by atoms with Crippen molar-refractivity contribution in [1.29, 1.82) is 10.7 Å². The van der Waals surface area contributed by atoms with Crippen molar-refractivity contribution in [2.75, 3.05) is 5.43 Å². The Kier molecular flexibility index (Phi) is 4.24. The lowest BCUT2D eigenvalue weighted by molar-refractivity contribution is 0.359. The van der Waals surface area contributed by atoms with E-state index in [9.17, 15) is 0 Å². The highest BCUT2D eigenvalue weighted by Gasteiger charge is 2.17. The summed E-state index contributed by atoms with van der Waals surface area (Å²) in [5.74, 6) is -0.359. The van der Waals surface area contributed by atoms with Crippen molar-refractivity contribution in [3.63, 3.8) is 0 Å². The lowest BCUT2D eigenvalue weighted by Crippen LogP contribution is -2.21. The summed E-state index contributed by atoms with van der Waals surface area (Å²) in [5, 5.41) is 19.9. The van der Waals surface area contributed by atoms with Gasteiger partial charge in [-0.3, -0.25) is 10.8 Å². The van der Waals surface area contributed by atoms with Crippen LogP contribution in [0.15, 0.2) is 29.6 Å². The highest BCUT2D eigenvalue weighted by atomic mass is 15.3. The zero-order chi connectivity index (χ0) is 16.2. The van der Waals surface area contributed by atoms with E-state index < -0.39 is 0 Å². The first-order chi connectivity index (χ1) is 11.2. The Morgan fingerprint density at radius 2 is 2.17 bits per heavy atom. The maximum Gasteiger partial charge on any atom is 0.201 e. The van der Waals surface area contributed by atoms with E-state index in [1.165, 1.54) is 32.1 Å². The first kappa shape index (κ1) is 15.0. The summed E-state index contributed by atoms with van der Waals surface area (Å²) in [7, 11) is 0. The molecule has 0 saturated heterocycles. The molecule has 0 bridgehead atoms. The summed E-state index contributed by atoms with van der Waals surface area (Å²) >= 11 is 0. The Balaban J connectivity index is 1.83. The maximum atomic E-state index is 8.84. The van der Waals surface area contributed by atoms with E-state index in [1.54, 1.807) is 6.07 Å². The number of anilines is 1. The Labute approximate surface area is 134 Å². The number of nitrogens with two attached hydrogens (primary N) is 1. The SMILES string of the molecule is N#C/C(=N\Nc1ccc2c(c1)ncn2C1CCCCC1)C(=N)N. The third kappa shape index (κ3) is 3.16. The number of nitriles is 1. The van der Waals surface area contributed by atoms with Crippen molar-refractivity contribution >= 4 is 28.3 Å². The summed E-state index contributed by atoms with van der Waals surface area (Å²) in [6, 6.07) is 8.09. The molecule has 0 aliphatic heterocycles. The molecular weight excluding hydrogens is 290 g/mol. The number of nitrogens with zero attached hydrogens (tertiary/aromatic N) is 4. The van der Waals surface area contributed by atoms with Gasteiger partial charge in [-0.05, 0) is 31.0 Å². The van der Waals surface area contributed by atoms with Gasteiger partial charge in [0.25, 0.3) is 0 Å². The minimum atomic E-state index is -0.359. The van der Waals surface area contributed by atoms with E-state index in [1.807, 2.05) is 24.5 Å². The summed E-state index contributed by atoms with van der Waals surface area (Å²) in [5.41, 5.74) is 10.6. The lowest BCUT2D eigenvalue weighted by atomic mass is 9.95. The topological polar surface area (TPSA) is 116 Å². The summed E-state index contributed by atoms with van der Waals surface area (Å²) < 4.78 is 2.26. The number of amidine groups is 1. The van der Waals surface area contributed by atoms with Gasteiger partial charge in [-0.15, -0.1) is 0 Å². The maximum absolute atomic E-state index is 8.84. The Morgan fingerprint density at radius 1 is 1.39 bits per heavy atom. The third-order valence-electron chi connectivity index (χ3n) is 4.20. The van der Waals surface area contributed by atoms with Crippen LogP contribution in [0.25, 0.3) is 11.0 Å². The quantitative estimate of drug-likeness (QED) is 0.457. The number of nitrogens with one attached hydrogen (secondary N) is 2. The van der Waals surface area contributed by atoms with E-state index in [0.29, 0.717) is 11.7 Å². The van der Waals surface area contributed by atoms with Gasteiger partial charge in [-0.1, -0.05) is 19.3 Å². The molecule has 0 amide bonds. The van der Waals surface area contributed by atoms with Crippen LogP contribution in [0.4, 0.5) is 5.69 Å². The summed E-state index contributed by atoms with van der Waals surface area (Å²) in [4.78, 5) is 4.48. The molecule has 4 N–H and O–H groups in total. The monoisotopic (exact) mass is 309 g/mol. The van der Waals surface area contributed by atoms with Crippen LogP contribution in [0.2, 0.25) is 0 Å². The number of benzene rings is 1. The van der Waals surface area contributed by atoms with Crippen LogP contribution < -0.4 is 11.2 Å². The average molecular weight is 309 g/mol. The van der Waals surface area contributed by atoms with Crippen LogP contribution in [0.5, 0.6) is 0 Å². The molecule has 1 saturated carbocycles. The summed E-state index contributed by atoms with van der Waals surface area (Å²) in [6.45, 7) is 0. The second-order valence-corrected chi connectivity index (χ2v) is 5.74. The molecule has 7 nitrogen and oxygen atoms in total. The molecule has 0 atom stereocenters. The molecule has 1 fully saturated rings. The van der Waals surface area contributed by atoms with E-state index >= 15 is 0 Å². The van der Waals surface area contributed by atoms with Crippen LogP contribution in [-0.4, -0.2) is 21.1 Å². The number of hydrogen-bond acceptors (Lipinski definition) is 5. The minimum Gasteiger partial charge on any atom is -0.382 e. The van der Waals surface area contributed by atoms with Crippen molar-refractivity contribution in [2.24, 2.45) is 10.8 Å². The molecule has 0 radical (unpaired) electrons. The molecule has 23 heavy (non-hydrogen) atoms. The normalized spacial score (nSPS) is 16.2. The molecule has 1 heterocycles. The predicted molar refractivity (Wildman–Crippen MR) is 90.4 cm³/mol. The predicted octanol–water partition coefficient (Wildman–Crippen LogP) is 2.77. The molecule has 1 aliphatic rings. The molecule has 1 aliphatic carbocycles. The Bertz CT molecular complexity index is 790. The molecule has 2 aromatic rings. The molecule has 118 valence electrons. The zero-order valence-corrected chi connectivity index (χ0v) is 12.8. The van der Waals surface area contributed by atoms with Crippen LogP contribution in [0.1, 0.15) is 38.1 Å². The number of aromatic nitrogens is 2. The van der Waals surface area contributed by atoms with Gasteiger partial charge in [-0.2, -0.15) is 10.4 Å². The first-order valence-corrected chi connectivity index (χ1v) is 7.74. The van der Waals surface area contributed by atoms with Gasteiger partial charge in [0.05, 0.1) is 23.0 Å². The zero-order valence-electron chi connectivity index (χ0n) is 12.8. The van der Waals surface area contributed by atoms with Crippen molar-refractivity contribution in [1.82, 2.24) is 9.55 Å². The van der Waals surface area contributed by atoms with Crippen LogP contribution in [-0.2, 0) is 0 Å². The number of fused-ring (bicyclic) bond motifs is 1. The fourth-order valence-corrected chi connectivity index (χ4v) is 3.02. The Hall–Kier alpha value is -2.88. The van der Waals surface area contributed by atoms with Gasteiger partial charge < -0.3 is 10.3 Å². The van der Waals surface area contributed by atoms with Gasteiger partial charge in [0, 0.05) is 6.04 Å². The average Bonchev–Trinajstić information content (AvgIpc) is 2.99. The molecule has 1 aromatic heterocycles. The summed E-state index contributed by atoms with van der Waals surface area (Å²) in [6.07, 6.45) is 8.21. The highest BCUT2D eigenvalue weighted by molar-refractivity contribution is 6.45. The van der Waals surface area contributed by atoms with Crippen LogP contribution >= 0.6 is 0 Å². The molecule has 3 rings (SSSR count). The number of imidazole rings is 1. The van der Waals surface area contributed by atoms with E-state index in [0.717, 1.165) is 11.0 Å². The van der Waals surface area contributed by atoms with Gasteiger partial charge in [0.1, 0.15) is 6.07 Å². The molecular formula is C16H19N7.